The second-order valence-corrected chi connectivity index (χ2v) is 4.79. The summed E-state index contributed by atoms with van der Waals surface area (Å²) in [6, 6.07) is 8.67. The summed E-state index contributed by atoms with van der Waals surface area (Å²) in [7, 11) is 1.71. The van der Waals surface area contributed by atoms with Gasteiger partial charge in [0.15, 0.2) is 0 Å². The van der Waals surface area contributed by atoms with Gasteiger partial charge in [0.1, 0.15) is 5.82 Å². The van der Waals surface area contributed by atoms with Gasteiger partial charge in [0.05, 0.1) is 16.6 Å². The topological polar surface area (TPSA) is 82.7 Å². The second-order valence-electron chi connectivity index (χ2n) is 4.35. The first-order valence-corrected chi connectivity index (χ1v) is 6.64. The van der Waals surface area contributed by atoms with Crippen LogP contribution in [0.4, 0.5) is 11.8 Å². The maximum atomic E-state index is 12.3. The Kier molecular flexibility index (Phi) is 3.45. The zero-order valence-corrected chi connectivity index (χ0v) is 11.9. The zero-order chi connectivity index (χ0) is 14.8. The number of nitrogens with zero attached hydrogens (tertiary/aromatic N) is 2. The van der Waals surface area contributed by atoms with Crippen LogP contribution in [0.25, 0.3) is 11.0 Å². The van der Waals surface area contributed by atoms with E-state index in [1.54, 1.807) is 43.6 Å². The number of halogens is 1. The molecule has 3 rings (SSSR count). The fourth-order valence-electron chi connectivity index (χ4n) is 2.00. The van der Waals surface area contributed by atoms with Crippen molar-refractivity contribution >= 4 is 40.3 Å². The molecule has 0 spiro atoms. The Bertz CT molecular complexity index is 814. The van der Waals surface area contributed by atoms with Crippen molar-refractivity contribution in [3.8, 4) is 0 Å². The predicted octanol–water partition coefficient (Wildman–Crippen LogP) is 2.91. The highest BCUT2D eigenvalue weighted by atomic mass is 35.5. The van der Waals surface area contributed by atoms with Crippen LogP contribution in [0.3, 0.4) is 0 Å². The van der Waals surface area contributed by atoms with Gasteiger partial charge in [0.25, 0.3) is 5.91 Å². The molecule has 7 heteroatoms. The first-order chi connectivity index (χ1) is 10.2. The van der Waals surface area contributed by atoms with Crippen molar-refractivity contribution in [3.05, 3.63) is 47.1 Å². The Morgan fingerprint density at radius 3 is 3.00 bits per heavy atom. The molecule has 2 heterocycles. The lowest BCUT2D eigenvalue weighted by Crippen LogP contribution is -2.15. The Morgan fingerprint density at radius 2 is 2.19 bits per heavy atom. The van der Waals surface area contributed by atoms with Crippen LogP contribution >= 0.6 is 11.6 Å². The number of benzene rings is 1. The van der Waals surface area contributed by atoms with Crippen LogP contribution in [0, 0.1) is 0 Å². The van der Waals surface area contributed by atoms with E-state index in [4.69, 9.17) is 11.6 Å². The molecule has 0 atom stereocenters. The molecule has 1 aromatic carbocycles. The molecule has 0 unspecified atom stereocenters. The third-order valence-electron chi connectivity index (χ3n) is 2.97. The highest BCUT2D eigenvalue weighted by Gasteiger charge is 2.13. The van der Waals surface area contributed by atoms with Crippen molar-refractivity contribution in [2.75, 3.05) is 17.7 Å². The number of fused-ring (bicyclic) bond motifs is 1. The monoisotopic (exact) mass is 301 g/mol. The summed E-state index contributed by atoms with van der Waals surface area (Å²) in [6.45, 7) is 0. The summed E-state index contributed by atoms with van der Waals surface area (Å²) >= 11 is 5.92. The molecule has 106 valence electrons. The predicted molar refractivity (Wildman–Crippen MR) is 82.8 cm³/mol. The lowest BCUT2D eigenvalue weighted by Gasteiger charge is -2.06. The van der Waals surface area contributed by atoms with E-state index < -0.39 is 0 Å². The van der Waals surface area contributed by atoms with Gasteiger partial charge in [-0.3, -0.25) is 10.1 Å². The molecular weight excluding hydrogens is 290 g/mol. The number of carbonyl (C=O) groups excluding carboxylic acids is 1. The van der Waals surface area contributed by atoms with Crippen molar-refractivity contribution in [2.24, 2.45) is 0 Å². The molecular formula is C14H12ClN5O. The molecule has 0 aliphatic heterocycles. The summed E-state index contributed by atoms with van der Waals surface area (Å²) in [6.07, 6.45) is 1.62. The summed E-state index contributed by atoms with van der Waals surface area (Å²) in [5.41, 5.74) is 1.94. The molecule has 0 fully saturated rings. The number of imidazole rings is 1. The molecule has 6 nitrogen and oxygen atoms in total. The number of rotatable bonds is 3. The minimum atomic E-state index is -0.294. The molecule has 0 saturated heterocycles. The van der Waals surface area contributed by atoms with Crippen LogP contribution in [-0.4, -0.2) is 27.9 Å². The van der Waals surface area contributed by atoms with Crippen molar-refractivity contribution in [2.45, 2.75) is 0 Å². The van der Waals surface area contributed by atoms with Gasteiger partial charge in [-0.25, -0.2) is 9.97 Å². The number of carbonyl (C=O) groups is 1. The number of hydrogen-bond acceptors (Lipinski definition) is 4. The largest absolute Gasteiger partial charge is 0.372 e. The fraction of sp³-hybridized carbons (Fsp3) is 0.0714. The Labute approximate surface area is 125 Å². The van der Waals surface area contributed by atoms with E-state index >= 15 is 0 Å². The molecule has 0 bridgehead atoms. The van der Waals surface area contributed by atoms with Crippen LogP contribution in [-0.2, 0) is 0 Å². The molecule has 21 heavy (non-hydrogen) atoms. The van der Waals surface area contributed by atoms with E-state index in [0.29, 0.717) is 22.4 Å². The van der Waals surface area contributed by atoms with E-state index in [-0.39, 0.29) is 5.91 Å². The summed E-state index contributed by atoms with van der Waals surface area (Å²) in [5, 5.41) is 6.19. The van der Waals surface area contributed by atoms with Crippen molar-refractivity contribution in [1.29, 1.82) is 0 Å². The van der Waals surface area contributed by atoms with Gasteiger partial charge >= 0.3 is 0 Å². The van der Waals surface area contributed by atoms with E-state index in [2.05, 4.69) is 25.6 Å². The molecule has 0 saturated carbocycles. The molecule has 1 amide bonds. The zero-order valence-electron chi connectivity index (χ0n) is 11.1. The van der Waals surface area contributed by atoms with Crippen LogP contribution in [0.2, 0.25) is 5.02 Å². The lowest BCUT2D eigenvalue weighted by atomic mass is 10.2. The smallest absolute Gasteiger partial charge is 0.261 e. The minimum absolute atomic E-state index is 0.294. The molecule has 0 radical (unpaired) electrons. The van der Waals surface area contributed by atoms with Gasteiger partial charge in [-0.1, -0.05) is 11.6 Å². The number of nitrogens with one attached hydrogen (secondary N) is 3. The molecule has 0 aliphatic rings. The summed E-state index contributed by atoms with van der Waals surface area (Å²) in [5.74, 6) is 0.579. The SMILES string of the molecule is CNc1ncccc1C(=O)Nc1nc2ccc(Cl)cc2[nH]1. The van der Waals surface area contributed by atoms with Gasteiger partial charge < -0.3 is 10.3 Å². The van der Waals surface area contributed by atoms with Crippen molar-refractivity contribution in [3.63, 3.8) is 0 Å². The minimum Gasteiger partial charge on any atom is -0.372 e. The van der Waals surface area contributed by atoms with Crippen molar-refractivity contribution < 1.29 is 4.79 Å². The Hall–Kier alpha value is -2.60. The molecule has 2 aromatic heterocycles. The van der Waals surface area contributed by atoms with E-state index in [9.17, 15) is 4.79 Å². The Balaban J connectivity index is 1.89. The average molecular weight is 302 g/mol. The highest BCUT2D eigenvalue weighted by molar-refractivity contribution is 6.31. The second kappa shape index (κ2) is 5.41. The third kappa shape index (κ3) is 2.66. The standard InChI is InChI=1S/C14H12ClN5O/c1-16-12-9(3-2-6-17-12)13(21)20-14-18-10-5-4-8(15)7-11(10)19-14/h2-7H,1H3,(H,16,17)(H2,18,19,20,21). The van der Waals surface area contributed by atoms with Crippen LogP contribution in [0.15, 0.2) is 36.5 Å². The first kappa shape index (κ1) is 13.4. The highest BCUT2D eigenvalue weighted by Crippen LogP contribution is 2.20. The third-order valence-corrected chi connectivity index (χ3v) is 3.20. The summed E-state index contributed by atoms with van der Waals surface area (Å²) in [4.78, 5) is 23.6. The number of pyridine rings is 1. The number of H-pyrrole nitrogens is 1. The average Bonchev–Trinajstić information content (AvgIpc) is 2.88. The van der Waals surface area contributed by atoms with Crippen LogP contribution < -0.4 is 10.6 Å². The van der Waals surface area contributed by atoms with Crippen LogP contribution in [0.1, 0.15) is 10.4 Å². The first-order valence-electron chi connectivity index (χ1n) is 6.27. The maximum Gasteiger partial charge on any atom is 0.261 e. The maximum absolute atomic E-state index is 12.3. The number of aromatic nitrogens is 3. The quantitative estimate of drug-likeness (QED) is 0.694. The van der Waals surface area contributed by atoms with Gasteiger partial charge in [-0.05, 0) is 30.3 Å². The number of aromatic amines is 1. The number of amides is 1. The van der Waals surface area contributed by atoms with Gasteiger partial charge in [0, 0.05) is 18.3 Å². The van der Waals surface area contributed by atoms with Crippen molar-refractivity contribution in [1.82, 2.24) is 15.0 Å². The van der Waals surface area contributed by atoms with E-state index in [1.165, 1.54) is 0 Å². The van der Waals surface area contributed by atoms with E-state index in [0.717, 1.165) is 11.0 Å². The van der Waals surface area contributed by atoms with E-state index in [1.807, 2.05) is 0 Å². The molecule has 0 aliphatic carbocycles. The Morgan fingerprint density at radius 1 is 1.33 bits per heavy atom. The van der Waals surface area contributed by atoms with Gasteiger partial charge in [0.2, 0.25) is 5.95 Å². The number of anilines is 2. The van der Waals surface area contributed by atoms with Gasteiger partial charge in [-0.2, -0.15) is 0 Å². The van der Waals surface area contributed by atoms with Crippen LogP contribution in [0.5, 0.6) is 0 Å². The fourth-order valence-corrected chi connectivity index (χ4v) is 2.18. The normalized spacial score (nSPS) is 10.6. The number of hydrogen-bond donors (Lipinski definition) is 3. The molecule has 3 N–H and O–H groups in total. The summed E-state index contributed by atoms with van der Waals surface area (Å²) < 4.78 is 0. The van der Waals surface area contributed by atoms with Gasteiger partial charge in [-0.15, -0.1) is 0 Å². The molecule has 3 aromatic rings. The lowest BCUT2D eigenvalue weighted by molar-refractivity contribution is 0.102.